The molecule has 0 fully saturated rings. The predicted molar refractivity (Wildman–Crippen MR) is 82.8 cm³/mol. The highest BCUT2D eigenvalue weighted by atomic mass is 79.9. The molecule has 0 bridgehead atoms. The number of hydrogen-bond donors (Lipinski definition) is 1. The molecule has 2 aromatic heterocycles. The summed E-state index contributed by atoms with van der Waals surface area (Å²) in [4.78, 5) is 13.2. The highest BCUT2D eigenvalue weighted by Crippen LogP contribution is 2.24. The van der Waals surface area contributed by atoms with Crippen molar-refractivity contribution in [3.05, 3.63) is 32.9 Å². The Kier molecular flexibility index (Phi) is 5.42. The van der Waals surface area contributed by atoms with E-state index in [0.29, 0.717) is 5.95 Å². The normalized spacial score (nSPS) is 14.0. The summed E-state index contributed by atoms with van der Waals surface area (Å²) in [7, 11) is 0. The van der Waals surface area contributed by atoms with E-state index in [2.05, 4.69) is 54.6 Å². The lowest BCUT2D eigenvalue weighted by molar-refractivity contribution is 0.355. The Morgan fingerprint density at radius 1 is 1.40 bits per heavy atom. The molecular formula is C13H16BrFN4S. The van der Waals surface area contributed by atoms with Crippen molar-refractivity contribution in [3.8, 4) is 0 Å². The number of rotatable bonds is 6. The molecule has 2 unspecified atom stereocenters. The quantitative estimate of drug-likeness (QED) is 0.842. The Balaban J connectivity index is 1.89. The number of alkyl halides is 1. The van der Waals surface area contributed by atoms with Crippen LogP contribution >= 0.6 is 27.3 Å². The molecular weight excluding hydrogens is 343 g/mol. The van der Waals surface area contributed by atoms with Gasteiger partial charge in [0.05, 0.1) is 0 Å². The number of hydrogen-bond acceptors (Lipinski definition) is 5. The van der Waals surface area contributed by atoms with Crippen molar-refractivity contribution in [1.29, 1.82) is 0 Å². The van der Waals surface area contributed by atoms with Gasteiger partial charge in [0.1, 0.15) is 6.33 Å². The average Bonchev–Trinajstić information content (AvgIpc) is 2.82. The number of aromatic nitrogens is 3. The number of anilines is 1. The molecule has 0 aromatic carbocycles. The predicted octanol–water partition coefficient (Wildman–Crippen LogP) is 4.16. The minimum atomic E-state index is -1.18. The van der Waals surface area contributed by atoms with Crippen molar-refractivity contribution in [1.82, 2.24) is 15.0 Å². The molecule has 0 radical (unpaired) electrons. The van der Waals surface area contributed by atoms with Gasteiger partial charge in [-0.25, -0.2) is 14.4 Å². The van der Waals surface area contributed by atoms with Crippen LogP contribution in [0.1, 0.15) is 37.1 Å². The second-order valence-corrected chi connectivity index (χ2v) is 6.41. The summed E-state index contributed by atoms with van der Waals surface area (Å²) in [5.74, 6) is 0.591. The van der Waals surface area contributed by atoms with Gasteiger partial charge in [0.25, 0.3) is 0 Å². The van der Waals surface area contributed by atoms with Crippen LogP contribution in [0.5, 0.6) is 0 Å². The highest BCUT2D eigenvalue weighted by molar-refractivity contribution is 9.10. The summed E-state index contributed by atoms with van der Waals surface area (Å²) in [6.07, 6.45) is 2.08. The average molecular weight is 359 g/mol. The molecule has 0 aliphatic rings. The molecule has 0 saturated carbocycles. The molecule has 7 heteroatoms. The molecule has 2 atom stereocenters. The van der Waals surface area contributed by atoms with Gasteiger partial charge in [-0.15, -0.1) is 11.3 Å². The van der Waals surface area contributed by atoms with Gasteiger partial charge in [0.2, 0.25) is 5.95 Å². The molecule has 2 aromatic rings. The first-order valence-electron chi connectivity index (χ1n) is 6.37. The van der Waals surface area contributed by atoms with Gasteiger partial charge in [-0.2, -0.15) is 4.98 Å². The van der Waals surface area contributed by atoms with Crippen LogP contribution in [0.4, 0.5) is 10.3 Å². The number of aryl methyl sites for hydroxylation is 1. The first-order valence-corrected chi connectivity index (χ1v) is 8.05. The molecule has 0 spiro atoms. The van der Waals surface area contributed by atoms with Crippen LogP contribution in [0.2, 0.25) is 0 Å². The third kappa shape index (κ3) is 4.21. The fourth-order valence-corrected chi connectivity index (χ4v) is 3.28. The van der Waals surface area contributed by atoms with E-state index < -0.39 is 6.17 Å². The number of nitrogens with zero attached hydrogens (tertiary/aromatic N) is 3. The molecule has 0 amide bonds. The van der Waals surface area contributed by atoms with Crippen molar-refractivity contribution in [2.24, 2.45) is 0 Å². The maximum Gasteiger partial charge on any atom is 0.226 e. The largest absolute Gasteiger partial charge is 0.352 e. The van der Waals surface area contributed by atoms with Gasteiger partial charge >= 0.3 is 0 Å². The minimum Gasteiger partial charge on any atom is -0.352 e. The van der Waals surface area contributed by atoms with Crippen LogP contribution in [0, 0.1) is 0 Å². The van der Waals surface area contributed by atoms with Crippen molar-refractivity contribution in [2.75, 3.05) is 5.32 Å². The Bertz CT molecular complexity index is 561. The second-order valence-electron chi connectivity index (χ2n) is 4.56. The summed E-state index contributed by atoms with van der Waals surface area (Å²) < 4.78 is 14.3. The van der Waals surface area contributed by atoms with Gasteiger partial charge in [-0.05, 0) is 54.1 Å². The topological polar surface area (TPSA) is 50.7 Å². The monoisotopic (exact) mass is 358 g/mol. The summed E-state index contributed by atoms with van der Waals surface area (Å²) in [5, 5.41) is 5.25. The molecule has 0 aliphatic heterocycles. The molecule has 108 valence electrons. The van der Waals surface area contributed by atoms with E-state index in [9.17, 15) is 4.39 Å². The zero-order valence-electron chi connectivity index (χ0n) is 11.3. The summed E-state index contributed by atoms with van der Waals surface area (Å²) in [6, 6.07) is 2.26. The van der Waals surface area contributed by atoms with Gasteiger partial charge in [-0.3, -0.25) is 0 Å². The lowest BCUT2D eigenvalue weighted by Gasteiger charge is -2.13. The fraction of sp³-hybridized carbons (Fsp3) is 0.462. The first kappa shape index (κ1) is 15.3. The van der Waals surface area contributed by atoms with Gasteiger partial charge in [-0.1, -0.05) is 0 Å². The Morgan fingerprint density at radius 2 is 2.20 bits per heavy atom. The van der Waals surface area contributed by atoms with Gasteiger partial charge < -0.3 is 5.32 Å². The summed E-state index contributed by atoms with van der Waals surface area (Å²) >= 11 is 5.26. The van der Waals surface area contributed by atoms with E-state index in [1.807, 2.05) is 0 Å². The third-order valence-corrected chi connectivity index (χ3v) is 4.80. The van der Waals surface area contributed by atoms with Gasteiger partial charge in [0.15, 0.2) is 12.0 Å². The number of halogens is 2. The van der Waals surface area contributed by atoms with Gasteiger partial charge in [0, 0.05) is 15.4 Å². The van der Waals surface area contributed by atoms with Crippen molar-refractivity contribution >= 4 is 33.2 Å². The maximum atomic E-state index is 13.1. The Morgan fingerprint density at radius 3 is 2.85 bits per heavy atom. The van der Waals surface area contributed by atoms with E-state index in [1.165, 1.54) is 18.1 Å². The van der Waals surface area contributed by atoms with Crippen LogP contribution in [0.25, 0.3) is 0 Å². The van der Waals surface area contributed by atoms with E-state index in [0.717, 1.165) is 17.3 Å². The Labute approximate surface area is 130 Å². The van der Waals surface area contributed by atoms with Crippen LogP contribution in [0.15, 0.2) is 22.2 Å². The SMILES string of the molecule is CC(CCc1sccc1Br)Nc1ncnc(C(C)F)n1. The maximum absolute atomic E-state index is 13.1. The zero-order valence-corrected chi connectivity index (χ0v) is 13.7. The molecule has 4 nitrogen and oxygen atoms in total. The molecule has 2 rings (SSSR count). The van der Waals surface area contributed by atoms with Crippen molar-refractivity contribution < 1.29 is 4.39 Å². The van der Waals surface area contributed by atoms with E-state index in [-0.39, 0.29) is 11.9 Å². The molecule has 2 heterocycles. The Hall–Kier alpha value is -1.08. The zero-order chi connectivity index (χ0) is 14.5. The summed E-state index contributed by atoms with van der Waals surface area (Å²) in [5.41, 5.74) is 0. The lowest BCUT2D eigenvalue weighted by Crippen LogP contribution is -2.18. The van der Waals surface area contributed by atoms with Crippen LogP contribution in [-0.4, -0.2) is 21.0 Å². The molecule has 0 saturated heterocycles. The highest BCUT2D eigenvalue weighted by Gasteiger charge is 2.10. The molecule has 20 heavy (non-hydrogen) atoms. The number of thiophene rings is 1. The van der Waals surface area contributed by atoms with E-state index in [1.54, 1.807) is 11.3 Å². The fourth-order valence-electron chi connectivity index (χ4n) is 1.71. The standard InChI is InChI=1S/C13H16BrFN4S/c1-8(3-4-11-10(14)5-6-20-11)18-13-17-7-16-12(19-13)9(2)15/h5-9H,3-4H2,1-2H3,(H,16,17,18,19). The van der Waals surface area contributed by atoms with Crippen LogP contribution in [0.3, 0.4) is 0 Å². The molecule has 1 N–H and O–H groups in total. The van der Waals surface area contributed by atoms with Crippen LogP contribution < -0.4 is 5.32 Å². The molecule has 0 aliphatic carbocycles. The number of nitrogens with one attached hydrogen (secondary N) is 1. The first-order chi connectivity index (χ1) is 9.56. The van der Waals surface area contributed by atoms with Crippen molar-refractivity contribution in [2.45, 2.75) is 38.9 Å². The second kappa shape index (κ2) is 7.08. The van der Waals surface area contributed by atoms with Crippen LogP contribution in [-0.2, 0) is 6.42 Å². The van der Waals surface area contributed by atoms with Crippen molar-refractivity contribution in [3.63, 3.8) is 0 Å². The summed E-state index contributed by atoms with van der Waals surface area (Å²) in [6.45, 7) is 3.47. The van der Waals surface area contributed by atoms with E-state index >= 15 is 0 Å². The smallest absolute Gasteiger partial charge is 0.226 e. The van der Waals surface area contributed by atoms with E-state index in [4.69, 9.17) is 0 Å². The third-order valence-electron chi connectivity index (χ3n) is 2.82. The lowest BCUT2D eigenvalue weighted by atomic mass is 10.1. The minimum absolute atomic E-state index is 0.163.